The first-order valence-corrected chi connectivity index (χ1v) is 1.22. The van der Waals surface area contributed by atoms with Crippen LogP contribution in [0.15, 0.2) is 0 Å². The largest absolute Gasteiger partial charge is 0.437 e. The van der Waals surface area contributed by atoms with E-state index in [-0.39, 0.29) is 49.7 Å². The maximum Gasteiger partial charge on any atom is 0.0195 e. The first kappa shape index (κ1) is 15.7. The molecule has 0 aromatic rings. The van der Waals surface area contributed by atoms with E-state index >= 15 is 0 Å². The first-order valence-electron chi connectivity index (χ1n) is 1.22. The number of hydrogen-bond acceptors (Lipinski definition) is 1. The Kier molecular flexibility index (Phi) is 35.3. The Labute approximate surface area is 79.8 Å². The van der Waals surface area contributed by atoms with Crippen molar-refractivity contribution in [3.8, 4) is 12.3 Å². The van der Waals surface area contributed by atoms with Crippen LogP contribution >= 0.6 is 0 Å². The van der Waals surface area contributed by atoms with Crippen molar-refractivity contribution in [1.29, 1.82) is 0 Å². The molecule has 0 rings (SSSR count). The van der Waals surface area contributed by atoms with Crippen LogP contribution in [0, 0.1) is 50.1 Å². The molecule has 0 aromatic carbocycles. The normalized spacial score (nSPS) is 4.00. The maximum absolute atomic E-state index is 4.71. The summed E-state index contributed by atoms with van der Waals surface area (Å²) in [6.45, 7) is 1.28. The summed E-state index contributed by atoms with van der Waals surface area (Å²) in [4.78, 5) is 0. The van der Waals surface area contributed by atoms with Crippen molar-refractivity contribution < 1.29 is 54.4 Å². The molecule has 7 heavy (non-hydrogen) atoms. The van der Waals surface area contributed by atoms with E-state index in [1.54, 1.807) is 0 Å². The zero-order valence-corrected chi connectivity index (χ0v) is 9.57. The molecule has 0 saturated carbocycles. The standard InChI is InChI=1S/C4H5O.U.V/c1-3-4-5-2;;/h1,4H,2H3;;/q-1;;. The molecule has 0 amide bonds. The summed E-state index contributed by atoms with van der Waals surface area (Å²) in [6.07, 6.45) is 4.71. The fourth-order valence-corrected chi connectivity index (χ4v) is 0.0680. The molecule has 0 fully saturated rings. The third-order valence-corrected chi connectivity index (χ3v) is 0.186. The summed E-state index contributed by atoms with van der Waals surface area (Å²) in [5.41, 5.74) is 0. The van der Waals surface area contributed by atoms with Crippen LogP contribution in [-0.2, 0) is 23.3 Å². The molecule has 0 saturated heterocycles. The summed E-state index contributed by atoms with van der Waals surface area (Å²) in [7, 11) is 1.51. The number of rotatable bonds is 1. The van der Waals surface area contributed by atoms with Crippen LogP contribution < -0.4 is 0 Å². The molecule has 0 atom stereocenters. The molecule has 0 aromatic heterocycles. The molecular weight excluding hydrogens is 353 g/mol. The monoisotopic (exact) mass is 358 g/mol. The van der Waals surface area contributed by atoms with Crippen molar-refractivity contribution in [1.82, 2.24) is 0 Å². The van der Waals surface area contributed by atoms with Gasteiger partial charge in [0.15, 0.2) is 0 Å². The van der Waals surface area contributed by atoms with Gasteiger partial charge in [0.2, 0.25) is 0 Å². The van der Waals surface area contributed by atoms with Crippen molar-refractivity contribution >= 4 is 0 Å². The van der Waals surface area contributed by atoms with E-state index in [2.05, 4.69) is 10.7 Å². The topological polar surface area (TPSA) is 9.23 Å². The Bertz CT molecular complexity index is 50.1. The van der Waals surface area contributed by atoms with Crippen molar-refractivity contribution in [2.45, 2.75) is 0 Å². The van der Waals surface area contributed by atoms with Gasteiger partial charge in [0.1, 0.15) is 0 Å². The summed E-state index contributed by atoms with van der Waals surface area (Å²) in [5.74, 6) is 2.17. The van der Waals surface area contributed by atoms with Gasteiger partial charge in [-0.1, -0.05) is 6.61 Å². The smallest absolute Gasteiger partial charge is 0.0195 e. The molecule has 0 unspecified atom stereocenters. The van der Waals surface area contributed by atoms with Gasteiger partial charge < -0.3 is 11.2 Å². The molecule has 0 aliphatic carbocycles. The predicted molar refractivity (Wildman–Crippen MR) is 20.1 cm³/mol. The zero-order chi connectivity index (χ0) is 4.12. The average Bonchev–Trinajstić information content (AvgIpc) is 1.41. The van der Waals surface area contributed by atoms with Gasteiger partial charge in [-0.3, -0.25) is 5.92 Å². The van der Waals surface area contributed by atoms with E-state index in [1.165, 1.54) is 13.7 Å². The van der Waals surface area contributed by atoms with Gasteiger partial charge in [-0.25, -0.2) is 0 Å². The molecule has 0 aliphatic rings. The van der Waals surface area contributed by atoms with E-state index in [0.717, 1.165) is 0 Å². The SMILES string of the molecule is C#C[CH-]OC.[U].[V]. The third kappa shape index (κ3) is 19.4. The first-order chi connectivity index (χ1) is 2.41. The van der Waals surface area contributed by atoms with Crippen LogP contribution in [0.1, 0.15) is 0 Å². The number of methoxy groups -OCH3 is 1. The third-order valence-electron chi connectivity index (χ3n) is 0.186. The van der Waals surface area contributed by atoms with Gasteiger partial charge in [0, 0.05) is 56.8 Å². The average molecular weight is 358 g/mol. The van der Waals surface area contributed by atoms with Crippen LogP contribution in [0.4, 0.5) is 0 Å². The van der Waals surface area contributed by atoms with Crippen molar-refractivity contribution in [3.63, 3.8) is 0 Å². The second kappa shape index (κ2) is 15.7. The van der Waals surface area contributed by atoms with Gasteiger partial charge in [0.05, 0.1) is 0 Å². The zero-order valence-electron chi connectivity index (χ0n) is 4.01. The minimum absolute atomic E-state index is 0. The second-order valence-corrected chi connectivity index (χ2v) is 0.520. The van der Waals surface area contributed by atoms with E-state index < -0.39 is 0 Å². The van der Waals surface area contributed by atoms with Crippen molar-refractivity contribution in [2.24, 2.45) is 0 Å². The Balaban J connectivity index is -0.0000000800. The molecule has 37 valence electrons. The number of ether oxygens (including phenoxy) is 1. The second-order valence-electron chi connectivity index (χ2n) is 0.520. The van der Waals surface area contributed by atoms with E-state index in [1.807, 2.05) is 0 Å². The summed E-state index contributed by atoms with van der Waals surface area (Å²) in [6, 6.07) is 0. The van der Waals surface area contributed by atoms with E-state index in [9.17, 15) is 0 Å². The van der Waals surface area contributed by atoms with Crippen molar-refractivity contribution in [2.75, 3.05) is 7.11 Å². The maximum atomic E-state index is 4.71. The minimum Gasteiger partial charge on any atom is -0.437 e. The summed E-state index contributed by atoms with van der Waals surface area (Å²) < 4.78 is 4.33. The molecule has 0 aliphatic heterocycles. The number of terminal acetylenes is 1. The number of hydrogen-bond donors (Lipinski definition) is 0. The molecule has 1 radical (unpaired) electrons. The van der Waals surface area contributed by atoms with Gasteiger partial charge >= 0.3 is 0 Å². The Morgan fingerprint density at radius 3 is 2.14 bits per heavy atom. The van der Waals surface area contributed by atoms with Gasteiger partial charge in [-0.05, 0) is 0 Å². The summed E-state index contributed by atoms with van der Waals surface area (Å²) in [5, 5.41) is 0. The van der Waals surface area contributed by atoms with Crippen LogP contribution in [0.2, 0.25) is 0 Å². The Hall–Kier alpha value is 1.03. The molecule has 0 heterocycles. The van der Waals surface area contributed by atoms with Gasteiger partial charge in [0.25, 0.3) is 0 Å². The van der Waals surface area contributed by atoms with Crippen molar-refractivity contribution in [3.05, 3.63) is 6.61 Å². The Morgan fingerprint density at radius 1 is 1.71 bits per heavy atom. The fourth-order valence-electron chi connectivity index (χ4n) is 0.0680. The fraction of sp³-hybridized carbons (Fsp3) is 0.250. The molecule has 0 spiro atoms. The molecule has 0 N–H and O–H groups in total. The quantitative estimate of drug-likeness (QED) is 0.488. The van der Waals surface area contributed by atoms with Crippen LogP contribution in [-0.4, -0.2) is 7.11 Å². The van der Waals surface area contributed by atoms with Gasteiger partial charge in [-0.2, -0.15) is 0 Å². The molecule has 1 nitrogen and oxygen atoms in total. The molecule has 0 bridgehead atoms. The van der Waals surface area contributed by atoms with E-state index in [4.69, 9.17) is 6.42 Å². The van der Waals surface area contributed by atoms with Crippen LogP contribution in [0.25, 0.3) is 0 Å². The minimum atomic E-state index is 0. The Morgan fingerprint density at radius 2 is 2.14 bits per heavy atom. The van der Waals surface area contributed by atoms with Crippen LogP contribution in [0.3, 0.4) is 0 Å². The molecular formula is C4H5OUV-. The van der Waals surface area contributed by atoms with E-state index in [0.29, 0.717) is 0 Å². The van der Waals surface area contributed by atoms with Gasteiger partial charge in [-0.15, -0.1) is 0 Å². The molecule has 3 heteroatoms. The van der Waals surface area contributed by atoms with Crippen LogP contribution in [0.5, 0.6) is 0 Å². The predicted octanol–water partition coefficient (Wildman–Crippen LogP) is 0.425. The summed E-state index contributed by atoms with van der Waals surface area (Å²) >= 11 is 0.